The first-order valence-corrected chi connectivity index (χ1v) is 9.40. The molecule has 0 amide bonds. The van der Waals surface area contributed by atoms with Gasteiger partial charge in [-0.3, -0.25) is 0 Å². The lowest BCUT2D eigenvalue weighted by atomic mass is 10.0. The van der Waals surface area contributed by atoms with Crippen LogP contribution in [-0.4, -0.2) is 41.2 Å². The molecule has 4 heterocycles. The van der Waals surface area contributed by atoms with Crippen LogP contribution in [0.2, 0.25) is 0 Å². The summed E-state index contributed by atoms with van der Waals surface area (Å²) in [6.07, 6.45) is 3.56. The van der Waals surface area contributed by atoms with Crippen LogP contribution in [0.4, 0.5) is 11.5 Å². The van der Waals surface area contributed by atoms with Crippen molar-refractivity contribution < 1.29 is 0 Å². The summed E-state index contributed by atoms with van der Waals surface area (Å²) in [4.78, 5) is 11.8. The molecule has 2 bridgehead atoms. The van der Waals surface area contributed by atoms with Gasteiger partial charge in [0.05, 0.1) is 17.4 Å². The maximum Gasteiger partial charge on any atom is 0.156 e. The molecule has 0 aromatic carbocycles. The van der Waals surface area contributed by atoms with Gasteiger partial charge in [-0.15, -0.1) is 0 Å². The van der Waals surface area contributed by atoms with Crippen molar-refractivity contribution in [3.8, 4) is 0 Å². The van der Waals surface area contributed by atoms with Gasteiger partial charge in [0.15, 0.2) is 5.82 Å². The molecule has 23 heavy (non-hydrogen) atoms. The van der Waals surface area contributed by atoms with Gasteiger partial charge >= 0.3 is 0 Å². The summed E-state index contributed by atoms with van der Waals surface area (Å²) in [6.45, 7) is 14.3. The Kier molecular flexibility index (Phi) is 6.22. The van der Waals surface area contributed by atoms with E-state index in [1.807, 2.05) is 34.6 Å². The first-order valence-electron chi connectivity index (χ1n) is 9.40. The van der Waals surface area contributed by atoms with E-state index in [0.717, 1.165) is 36.8 Å². The van der Waals surface area contributed by atoms with Crippen LogP contribution in [0.3, 0.4) is 0 Å². The molecule has 3 atom stereocenters. The second-order valence-electron chi connectivity index (χ2n) is 5.92. The van der Waals surface area contributed by atoms with E-state index in [1.54, 1.807) is 0 Å². The molecule has 2 fully saturated rings. The van der Waals surface area contributed by atoms with Crippen LogP contribution in [0.25, 0.3) is 0 Å². The third-order valence-corrected chi connectivity index (χ3v) is 4.73. The number of nitrogens with one attached hydrogen (secondary N) is 2. The van der Waals surface area contributed by atoms with Gasteiger partial charge in [-0.25, -0.2) is 9.97 Å². The highest BCUT2D eigenvalue weighted by molar-refractivity contribution is 5.72. The van der Waals surface area contributed by atoms with Crippen molar-refractivity contribution in [3.63, 3.8) is 0 Å². The molecule has 0 aliphatic carbocycles. The molecule has 130 valence electrons. The van der Waals surface area contributed by atoms with Crippen molar-refractivity contribution in [2.24, 2.45) is 0 Å². The Morgan fingerprint density at radius 3 is 2.57 bits per heavy atom. The summed E-state index contributed by atoms with van der Waals surface area (Å²) >= 11 is 0. The van der Waals surface area contributed by atoms with Crippen LogP contribution in [0.15, 0.2) is 0 Å². The van der Waals surface area contributed by atoms with Crippen LogP contribution in [0.5, 0.6) is 0 Å². The minimum Gasteiger partial charge on any atom is -0.378 e. The topological polar surface area (TPSA) is 53.1 Å². The normalized spacial score (nSPS) is 26.7. The van der Waals surface area contributed by atoms with E-state index in [-0.39, 0.29) is 0 Å². The van der Waals surface area contributed by atoms with E-state index in [9.17, 15) is 0 Å². The molecular weight excluding hydrogens is 286 g/mol. The van der Waals surface area contributed by atoms with Crippen molar-refractivity contribution >= 4 is 11.5 Å². The highest BCUT2D eigenvalue weighted by Crippen LogP contribution is 2.37. The number of aromatic nitrogens is 2. The fraction of sp³-hybridized carbons (Fsp3) is 0.778. The number of hydrogen-bond donors (Lipinski definition) is 2. The molecule has 3 unspecified atom stereocenters. The van der Waals surface area contributed by atoms with E-state index < -0.39 is 0 Å². The fourth-order valence-electron chi connectivity index (χ4n) is 3.85. The Balaban J connectivity index is 0.000000448. The van der Waals surface area contributed by atoms with E-state index in [4.69, 9.17) is 4.98 Å². The summed E-state index contributed by atoms with van der Waals surface area (Å²) in [5.41, 5.74) is 2.33. The van der Waals surface area contributed by atoms with Crippen molar-refractivity contribution in [2.45, 2.75) is 78.9 Å². The molecular formula is C18H33N5. The fourth-order valence-corrected chi connectivity index (χ4v) is 3.85. The van der Waals surface area contributed by atoms with E-state index >= 15 is 0 Å². The molecule has 0 saturated carbocycles. The summed E-state index contributed by atoms with van der Waals surface area (Å²) < 4.78 is 0. The summed E-state index contributed by atoms with van der Waals surface area (Å²) in [5.74, 6) is 2.03. The van der Waals surface area contributed by atoms with Crippen LogP contribution in [0.1, 0.15) is 59.0 Å². The maximum absolute atomic E-state index is 4.73. The quantitative estimate of drug-likeness (QED) is 0.833. The lowest BCUT2D eigenvalue weighted by molar-refractivity contribution is 0.379. The average molecular weight is 319 g/mol. The first-order chi connectivity index (χ1) is 11.3. The maximum atomic E-state index is 4.73. The van der Waals surface area contributed by atoms with Crippen molar-refractivity contribution in [1.29, 1.82) is 0 Å². The monoisotopic (exact) mass is 319 g/mol. The number of hydrogen-bond acceptors (Lipinski definition) is 5. The molecule has 5 heteroatoms. The highest BCUT2D eigenvalue weighted by atomic mass is 15.3. The second-order valence-corrected chi connectivity index (χ2v) is 5.92. The minimum absolute atomic E-state index is 0.547. The van der Waals surface area contributed by atoms with Crippen molar-refractivity contribution in [1.82, 2.24) is 15.3 Å². The molecule has 1 aromatic heterocycles. The van der Waals surface area contributed by atoms with E-state index in [2.05, 4.69) is 27.4 Å². The molecule has 2 N–H and O–H groups in total. The third-order valence-electron chi connectivity index (χ3n) is 4.73. The summed E-state index contributed by atoms with van der Waals surface area (Å²) in [6, 6.07) is 1.82. The van der Waals surface area contributed by atoms with Gasteiger partial charge in [-0.1, -0.05) is 34.6 Å². The number of nitrogens with zero attached hydrogens (tertiary/aromatic N) is 3. The molecule has 3 aliphatic heterocycles. The highest BCUT2D eigenvalue weighted by Gasteiger charge is 2.43. The van der Waals surface area contributed by atoms with E-state index in [1.165, 1.54) is 18.5 Å². The molecule has 1 aromatic rings. The number of piperazine rings is 1. The van der Waals surface area contributed by atoms with Gasteiger partial charge in [0.2, 0.25) is 0 Å². The SMILES string of the molecule is CC.CC.CCc1nc(C)nc2c1NCC1C3CCC(CN21)N3. The number of anilines is 2. The molecule has 5 nitrogen and oxygen atoms in total. The largest absolute Gasteiger partial charge is 0.378 e. The van der Waals surface area contributed by atoms with Crippen LogP contribution < -0.4 is 15.5 Å². The smallest absolute Gasteiger partial charge is 0.156 e. The predicted molar refractivity (Wildman–Crippen MR) is 98.4 cm³/mol. The van der Waals surface area contributed by atoms with Gasteiger partial charge < -0.3 is 15.5 Å². The van der Waals surface area contributed by atoms with Gasteiger partial charge in [0, 0.05) is 25.2 Å². The Morgan fingerprint density at radius 2 is 1.87 bits per heavy atom. The second kappa shape index (κ2) is 7.95. The Hall–Kier alpha value is -1.36. The average Bonchev–Trinajstić information content (AvgIpc) is 3.00. The third kappa shape index (κ3) is 3.30. The zero-order valence-corrected chi connectivity index (χ0v) is 15.6. The number of aryl methyl sites for hydroxylation is 2. The lowest BCUT2D eigenvalue weighted by Gasteiger charge is -2.45. The molecule has 0 radical (unpaired) electrons. The first kappa shape index (κ1) is 18.0. The van der Waals surface area contributed by atoms with Gasteiger partial charge in [-0.05, 0) is 26.2 Å². The summed E-state index contributed by atoms with van der Waals surface area (Å²) in [5, 5.41) is 7.32. The Morgan fingerprint density at radius 1 is 1.13 bits per heavy atom. The lowest BCUT2D eigenvalue weighted by Crippen LogP contribution is -2.62. The zero-order valence-electron chi connectivity index (χ0n) is 15.6. The minimum atomic E-state index is 0.547. The molecule has 2 saturated heterocycles. The number of rotatable bonds is 1. The van der Waals surface area contributed by atoms with Crippen LogP contribution in [0, 0.1) is 6.92 Å². The Labute approximate surface area is 141 Å². The van der Waals surface area contributed by atoms with Gasteiger partial charge in [0.1, 0.15) is 5.82 Å². The van der Waals surface area contributed by atoms with Crippen LogP contribution >= 0.6 is 0 Å². The van der Waals surface area contributed by atoms with Gasteiger partial charge in [0.25, 0.3) is 0 Å². The van der Waals surface area contributed by atoms with Crippen LogP contribution in [-0.2, 0) is 6.42 Å². The zero-order chi connectivity index (χ0) is 17.0. The Bertz CT molecular complexity index is 516. The standard InChI is InChI=1S/C14H21N5.2C2H6/c1-3-10-13-14(17-8(2)16-10)19-7-9-4-5-11(18-9)12(19)6-15-13;2*1-2/h9,11-12,15,18H,3-7H2,1-2H3;2*1-2H3. The van der Waals surface area contributed by atoms with Crippen molar-refractivity contribution in [2.75, 3.05) is 23.3 Å². The van der Waals surface area contributed by atoms with Crippen molar-refractivity contribution in [3.05, 3.63) is 11.5 Å². The molecule has 3 aliphatic rings. The van der Waals surface area contributed by atoms with E-state index in [0.29, 0.717) is 18.1 Å². The molecule has 0 spiro atoms. The summed E-state index contributed by atoms with van der Waals surface area (Å²) in [7, 11) is 0. The number of fused-ring (bicyclic) bond motifs is 6. The predicted octanol–water partition coefficient (Wildman–Crippen LogP) is 3.13. The molecule has 4 rings (SSSR count). The van der Waals surface area contributed by atoms with Gasteiger partial charge in [-0.2, -0.15) is 0 Å².